The summed E-state index contributed by atoms with van der Waals surface area (Å²) in [5.41, 5.74) is 10.7. The summed E-state index contributed by atoms with van der Waals surface area (Å²) in [5, 5.41) is 6.84. The molecule has 0 saturated carbocycles. The summed E-state index contributed by atoms with van der Waals surface area (Å²) in [5.74, 6) is 0.597. The van der Waals surface area contributed by atoms with Crippen LogP contribution in [-0.4, -0.2) is 9.55 Å². The van der Waals surface area contributed by atoms with Crippen molar-refractivity contribution in [3.8, 4) is 17.1 Å². The Hall–Kier alpha value is -7.15. The Labute approximate surface area is 318 Å². The van der Waals surface area contributed by atoms with E-state index in [9.17, 15) is 0 Å². The lowest BCUT2D eigenvalue weighted by Gasteiger charge is -2.27. The van der Waals surface area contributed by atoms with E-state index in [-0.39, 0.29) is 0 Å². The molecule has 0 radical (unpaired) electrons. The van der Waals surface area contributed by atoms with Gasteiger partial charge in [-0.1, -0.05) is 91.0 Å². The highest BCUT2D eigenvalue weighted by Gasteiger charge is 2.25. The van der Waals surface area contributed by atoms with Crippen molar-refractivity contribution in [3.63, 3.8) is 0 Å². The third-order valence-electron chi connectivity index (χ3n) is 10.8. The Kier molecular flexibility index (Phi) is 6.44. The van der Waals surface area contributed by atoms with Crippen LogP contribution in [0.3, 0.4) is 0 Å². The second-order valence-corrected chi connectivity index (χ2v) is 15.0. The Morgan fingerprint density at radius 3 is 2.09 bits per heavy atom. The number of nitrogens with zero attached hydrogens (tertiary/aromatic N) is 3. The van der Waals surface area contributed by atoms with E-state index >= 15 is 0 Å². The van der Waals surface area contributed by atoms with Crippen LogP contribution in [0.1, 0.15) is 0 Å². The lowest BCUT2D eigenvalue weighted by Crippen LogP contribution is -2.10. The van der Waals surface area contributed by atoms with Gasteiger partial charge in [0.15, 0.2) is 5.58 Å². The van der Waals surface area contributed by atoms with Crippen molar-refractivity contribution in [2.24, 2.45) is 0 Å². The fourth-order valence-electron chi connectivity index (χ4n) is 8.44. The molecule has 0 aliphatic carbocycles. The molecule has 0 aliphatic rings. The second kappa shape index (κ2) is 11.7. The van der Waals surface area contributed by atoms with Crippen LogP contribution in [0.2, 0.25) is 0 Å². The number of rotatable bonds is 5. The van der Waals surface area contributed by atoms with Gasteiger partial charge in [0.05, 0.1) is 32.5 Å². The SMILES string of the molecule is c1ccc(-c2nc3c(ccc4oc5cc(N(c6cccc7c6sc6ccccc67)c6cccc7c6c6ccccc6n7-c6ccccc6)ccc5c43)o2)cc1. The van der Waals surface area contributed by atoms with E-state index in [0.717, 1.165) is 72.4 Å². The van der Waals surface area contributed by atoms with E-state index in [1.165, 1.54) is 30.9 Å². The monoisotopic (exact) mass is 723 g/mol. The maximum Gasteiger partial charge on any atom is 0.227 e. The van der Waals surface area contributed by atoms with Gasteiger partial charge in [0.2, 0.25) is 5.89 Å². The van der Waals surface area contributed by atoms with Crippen molar-refractivity contribution >= 4 is 103 Å². The highest BCUT2D eigenvalue weighted by molar-refractivity contribution is 7.26. The van der Waals surface area contributed by atoms with Crippen molar-refractivity contribution in [1.82, 2.24) is 9.55 Å². The predicted octanol–water partition coefficient (Wildman–Crippen LogP) is 14.3. The largest absolute Gasteiger partial charge is 0.456 e. The van der Waals surface area contributed by atoms with Gasteiger partial charge < -0.3 is 18.3 Å². The number of fused-ring (bicyclic) bond motifs is 11. The van der Waals surface area contributed by atoms with E-state index in [4.69, 9.17) is 13.8 Å². The molecule has 0 bridgehead atoms. The van der Waals surface area contributed by atoms with Crippen LogP contribution in [0.15, 0.2) is 185 Å². The number of hydrogen-bond acceptors (Lipinski definition) is 5. The second-order valence-electron chi connectivity index (χ2n) is 13.9. The first kappa shape index (κ1) is 30.3. The van der Waals surface area contributed by atoms with Gasteiger partial charge in [-0.05, 0) is 78.9 Å². The van der Waals surface area contributed by atoms with Gasteiger partial charge in [-0.2, -0.15) is 0 Å². The summed E-state index contributed by atoms with van der Waals surface area (Å²) in [7, 11) is 0. The summed E-state index contributed by atoms with van der Waals surface area (Å²) in [6, 6.07) is 62.0. The molecule has 0 amide bonds. The van der Waals surface area contributed by atoms with Crippen molar-refractivity contribution in [2.45, 2.75) is 0 Å². The van der Waals surface area contributed by atoms with Crippen molar-refractivity contribution < 1.29 is 8.83 Å². The number of aromatic nitrogens is 2. The molecular formula is C49H29N3O2S. The minimum Gasteiger partial charge on any atom is -0.456 e. The van der Waals surface area contributed by atoms with E-state index < -0.39 is 0 Å². The van der Waals surface area contributed by atoms with Crippen LogP contribution in [0.25, 0.3) is 92.2 Å². The zero-order valence-corrected chi connectivity index (χ0v) is 30.1. The molecule has 55 heavy (non-hydrogen) atoms. The Balaban J connectivity index is 1.14. The smallest absolute Gasteiger partial charge is 0.227 e. The average Bonchev–Trinajstić information content (AvgIpc) is 4.02. The van der Waals surface area contributed by atoms with Gasteiger partial charge >= 0.3 is 0 Å². The predicted molar refractivity (Wildman–Crippen MR) is 229 cm³/mol. The molecule has 8 aromatic carbocycles. The molecule has 0 saturated heterocycles. The maximum atomic E-state index is 6.68. The topological polar surface area (TPSA) is 47.3 Å². The molecule has 4 aromatic heterocycles. The minimum absolute atomic E-state index is 0.597. The molecule has 6 heteroatoms. The number of anilines is 3. The summed E-state index contributed by atoms with van der Waals surface area (Å²) < 4.78 is 17.8. The minimum atomic E-state index is 0.597. The molecule has 4 heterocycles. The first-order chi connectivity index (χ1) is 27.3. The third kappa shape index (κ3) is 4.49. The molecule has 5 nitrogen and oxygen atoms in total. The third-order valence-corrected chi connectivity index (χ3v) is 12.0. The van der Waals surface area contributed by atoms with Crippen LogP contribution >= 0.6 is 11.3 Å². The lowest BCUT2D eigenvalue weighted by atomic mass is 10.1. The summed E-state index contributed by atoms with van der Waals surface area (Å²) in [4.78, 5) is 7.42. The Bertz CT molecular complexity index is 3450. The molecule has 258 valence electrons. The van der Waals surface area contributed by atoms with Crippen molar-refractivity contribution in [2.75, 3.05) is 4.90 Å². The van der Waals surface area contributed by atoms with Crippen molar-refractivity contribution in [3.05, 3.63) is 176 Å². The van der Waals surface area contributed by atoms with Gasteiger partial charge in [-0.3, -0.25) is 0 Å². The van der Waals surface area contributed by atoms with E-state index in [2.05, 4.69) is 143 Å². The standard InChI is InChI=1S/C49H29N3O2S/c1-3-13-30(14-4-1)49-50-47-42(54-49)28-27-41-46(47)36-26-25-32(29-43(36)53-41)52(40-23-11-19-34-33-17-8-10-24-44(33)55-48(34)40)39-22-12-21-38-45(39)35-18-7-9-20-37(35)51(38)31-15-5-2-6-16-31/h1-29H. The molecule has 0 N–H and O–H groups in total. The number of hydrogen-bond donors (Lipinski definition) is 0. The Morgan fingerprint density at radius 2 is 1.20 bits per heavy atom. The first-order valence-corrected chi connectivity index (χ1v) is 19.2. The van der Waals surface area contributed by atoms with E-state index in [1.54, 1.807) is 0 Å². The van der Waals surface area contributed by atoms with E-state index in [0.29, 0.717) is 5.89 Å². The summed E-state index contributed by atoms with van der Waals surface area (Å²) in [6.45, 7) is 0. The maximum absolute atomic E-state index is 6.68. The average molecular weight is 724 g/mol. The Morgan fingerprint density at radius 1 is 0.491 bits per heavy atom. The zero-order valence-electron chi connectivity index (χ0n) is 29.3. The van der Waals surface area contributed by atoms with E-state index in [1.807, 2.05) is 53.8 Å². The van der Waals surface area contributed by atoms with Gasteiger partial charge in [-0.15, -0.1) is 11.3 Å². The normalized spacial score (nSPS) is 12.0. The number of benzene rings is 8. The molecule has 12 rings (SSSR count). The highest BCUT2D eigenvalue weighted by atomic mass is 32.1. The molecular weight excluding hydrogens is 695 g/mol. The molecule has 0 fully saturated rings. The summed E-state index contributed by atoms with van der Waals surface area (Å²) >= 11 is 1.84. The number of furan rings is 1. The lowest BCUT2D eigenvalue weighted by molar-refractivity contribution is 0.619. The molecule has 0 aliphatic heterocycles. The molecule has 12 aromatic rings. The van der Waals surface area contributed by atoms with Crippen LogP contribution in [-0.2, 0) is 0 Å². The summed E-state index contributed by atoms with van der Waals surface area (Å²) in [6.07, 6.45) is 0. The fourth-order valence-corrected chi connectivity index (χ4v) is 9.65. The first-order valence-electron chi connectivity index (χ1n) is 18.4. The highest BCUT2D eigenvalue weighted by Crippen LogP contribution is 2.49. The van der Waals surface area contributed by atoms with Crippen LogP contribution in [0.5, 0.6) is 0 Å². The number of para-hydroxylation sites is 2. The van der Waals surface area contributed by atoms with Gasteiger partial charge in [0, 0.05) is 54.6 Å². The van der Waals surface area contributed by atoms with Gasteiger partial charge in [0.25, 0.3) is 0 Å². The molecule has 0 unspecified atom stereocenters. The fraction of sp³-hybridized carbons (Fsp3) is 0. The quantitative estimate of drug-likeness (QED) is 0.177. The number of thiophene rings is 1. The van der Waals surface area contributed by atoms with Crippen LogP contribution in [0.4, 0.5) is 17.1 Å². The molecule has 0 atom stereocenters. The zero-order chi connectivity index (χ0) is 36.0. The van der Waals surface area contributed by atoms with Crippen molar-refractivity contribution in [1.29, 1.82) is 0 Å². The van der Waals surface area contributed by atoms with Gasteiger partial charge in [0.1, 0.15) is 16.7 Å². The van der Waals surface area contributed by atoms with Crippen LogP contribution < -0.4 is 4.90 Å². The molecule has 0 spiro atoms. The van der Waals surface area contributed by atoms with Gasteiger partial charge in [-0.25, -0.2) is 4.98 Å². The number of oxazole rings is 1. The van der Waals surface area contributed by atoms with Crippen LogP contribution in [0, 0.1) is 0 Å².